The Morgan fingerprint density at radius 3 is 2.86 bits per heavy atom. The maximum Gasteiger partial charge on any atom is 0.240 e. The molecular weight excluding hydrogens is 306 g/mol. The zero-order valence-corrected chi connectivity index (χ0v) is 13.7. The number of piperazine rings is 1. The van der Waals surface area contributed by atoms with Gasteiger partial charge in [-0.05, 0) is 19.3 Å². The Hall–Kier alpha value is -1.11. The fourth-order valence-electron chi connectivity index (χ4n) is 2.87. The highest BCUT2D eigenvalue weighted by Crippen LogP contribution is 2.13. The second-order valence-electron chi connectivity index (χ2n) is 5.75. The molecule has 2 heterocycles. The SMILES string of the molecule is C=CCCCN1CCNC(CC(=O)N2CCC(O)C2)C1=O.Cl. The van der Waals surface area contributed by atoms with Gasteiger partial charge in [0.05, 0.1) is 18.6 Å². The van der Waals surface area contributed by atoms with Gasteiger partial charge in [0.1, 0.15) is 0 Å². The van der Waals surface area contributed by atoms with Crippen LogP contribution in [-0.2, 0) is 9.59 Å². The van der Waals surface area contributed by atoms with E-state index in [-0.39, 0.29) is 30.6 Å². The number of hydrogen-bond acceptors (Lipinski definition) is 4. The van der Waals surface area contributed by atoms with Gasteiger partial charge in [-0.1, -0.05) is 6.08 Å². The van der Waals surface area contributed by atoms with Crippen LogP contribution in [0.25, 0.3) is 0 Å². The lowest BCUT2D eigenvalue weighted by molar-refractivity contribution is -0.140. The Labute approximate surface area is 137 Å². The van der Waals surface area contributed by atoms with Crippen molar-refractivity contribution in [1.29, 1.82) is 0 Å². The number of aliphatic hydroxyl groups excluding tert-OH is 1. The van der Waals surface area contributed by atoms with Crippen LogP contribution in [0, 0.1) is 0 Å². The monoisotopic (exact) mass is 331 g/mol. The molecular formula is C15H26ClN3O3. The fourth-order valence-corrected chi connectivity index (χ4v) is 2.87. The van der Waals surface area contributed by atoms with E-state index in [9.17, 15) is 14.7 Å². The molecule has 0 aliphatic carbocycles. The highest BCUT2D eigenvalue weighted by atomic mass is 35.5. The van der Waals surface area contributed by atoms with Crippen LogP contribution >= 0.6 is 12.4 Å². The number of aliphatic hydroxyl groups is 1. The Bertz CT molecular complexity index is 405. The van der Waals surface area contributed by atoms with E-state index in [1.165, 1.54) is 0 Å². The van der Waals surface area contributed by atoms with Crippen molar-refractivity contribution in [3.63, 3.8) is 0 Å². The molecule has 0 radical (unpaired) electrons. The van der Waals surface area contributed by atoms with E-state index < -0.39 is 12.1 Å². The van der Waals surface area contributed by atoms with Crippen LogP contribution in [0.4, 0.5) is 0 Å². The molecule has 2 rings (SSSR count). The molecule has 126 valence electrons. The number of likely N-dealkylation sites (tertiary alicyclic amines) is 1. The van der Waals surface area contributed by atoms with E-state index in [1.807, 2.05) is 11.0 Å². The molecule has 0 aromatic heterocycles. The van der Waals surface area contributed by atoms with Crippen LogP contribution in [0.5, 0.6) is 0 Å². The Morgan fingerprint density at radius 1 is 1.45 bits per heavy atom. The quantitative estimate of drug-likeness (QED) is 0.537. The maximum atomic E-state index is 12.4. The van der Waals surface area contributed by atoms with E-state index in [4.69, 9.17) is 0 Å². The van der Waals surface area contributed by atoms with Gasteiger partial charge in [0.2, 0.25) is 11.8 Å². The van der Waals surface area contributed by atoms with E-state index in [1.54, 1.807) is 4.90 Å². The molecule has 22 heavy (non-hydrogen) atoms. The van der Waals surface area contributed by atoms with Crippen molar-refractivity contribution < 1.29 is 14.7 Å². The minimum absolute atomic E-state index is 0. The third-order valence-corrected chi connectivity index (χ3v) is 4.11. The summed E-state index contributed by atoms with van der Waals surface area (Å²) in [6.07, 6.45) is 4.06. The van der Waals surface area contributed by atoms with Crippen molar-refractivity contribution in [2.24, 2.45) is 0 Å². The third kappa shape index (κ3) is 4.97. The van der Waals surface area contributed by atoms with Crippen LogP contribution in [0.1, 0.15) is 25.7 Å². The lowest BCUT2D eigenvalue weighted by Gasteiger charge is -2.33. The number of β-amino-alcohol motifs (C(OH)–C–C–N with tert-alkyl or cyclic N) is 1. The summed E-state index contributed by atoms with van der Waals surface area (Å²) >= 11 is 0. The number of nitrogens with zero attached hydrogens (tertiary/aromatic N) is 2. The van der Waals surface area contributed by atoms with E-state index in [0.717, 1.165) is 25.9 Å². The normalized spacial score (nSPS) is 25.0. The number of nitrogens with one attached hydrogen (secondary N) is 1. The first-order chi connectivity index (χ1) is 10.1. The van der Waals surface area contributed by atoms with Gasteiger partial charge in [-0.2, -0.15) is 0 Å². The number of carbonyl (C=O) groups excluding carboxylic acids is 2. The number of unbranched alkanes of at least 4 members (excludes halogenated alkanes) is 1. The smallest absolute Gasteiger partial charge is 0.240 e. The van der Waals surface area contributed by atoms with Crippen molar-refractivity contribution >= 4 is 24.2 Å². The molecule has 2 fully saturated rings. The topological polar surface area (TPSA) is 72.9 Å². The van der Waals surface area contributed by atoms with Crippen molar-refractivity contribution in [3.05, 3.63) is 12.7 Å². The van der Waals surface area contributed by atoms with Crippen LogP contribution in [0.3, 0.4) is 0 Å². The molecule has 7 heteroatoms. The zero-order valence-electron chi connectivity index (χ0n) is 12.9. The van der Waals surface area contributed by atoms with E-state index in [0.29, 0.717) is 26.1 Å². The van der Waals surface area contributed by atoms with Crippen molar-refractivity contribution in [1.82, 2.24) is 15.1 Å². The summed E-state index contributed by atoms with van der Waals surface area (Å²) in [5, 5.41) is 12.6. The first kappa shape index (κ1) is 18.9. The van der Waals surface area contributed by atoms with Crippen molar-refractivity contribution in [2.75, 3.05) is 32.7 Å². The summed E-state index contributed by atoms with van der Waals surface area (Å²) in [7, 11) is 0. The lowest BCUT2D eigenvalue weighted by atomic mass is 10.1. The van der Waals surface area contributed by atoms with Gasteiger partial charge in [0.15, 0.2) is 0 Å². The lowest BCUT2D eigenvalue weighted by Crippen LogP contribution is -2.56. The van der Waals surface area contributed by atoms with Gasteiger partial charge in [-0.15, -0.1) is 19.0 Å². The maximum absolute atomic E-state index is 12.4. The van der Waals surface area contributed by atoms with E-state index in [2.05, 4.69) is 11.9 Å². The first-order valence-corrected chi connectivity index (χ1v) is 7.70. The number of hydrogen-bond donors (Lipinski definition) is 2. The second-order valence-corrected chi connectivity index (χ2v) is 5.75. The molecule has 0 aromatic rings. The average Bonchev–Trinajstić information content (AvgIpc) is 2.90. The molecule has 6 nitrogen and oxygen atoms in total. The Morgan fingerprint density at radius 2 is 2.23 bits per heavy atom. The highest BCUT2D eigenvalue weighted by Gasteiger charge is 2.32. The summed E-state index contributed by atoms with van der Waals surface area (Å²) in [6, 6.07) is -0.423. The zero-order chi connectivity index (χ0) is 15.2. The van der Waals surface area contributed by atoms with Gasteiger partial charge in [0.25, 0.3) is 0 Å². The predicted octanol–water partition coefficient (Wildman–Crippen LogP) is 0.158. The minimum Gasteiger partial charge on any atom is -0.391 e. The fraction of sp³-hybridized carbons (Fsp3) is 0.733. The van der Waals surface area contributed by atoms with Crippen molar-refractivity contribution in [3.8, 4) is 0 Å². The molecule has 2 saturated heterocycles. The number of rotatable bonds is 6. The second kappa shape index (κ2) is 9.12. The molecule has 0 saturated carbocycles. The van der Waals surface area contributed by atoms with Crippen LogP contribution < -0.4 is 5.32 Å². The standard InChI is InChI=1S/C15H25N3O3.ClH/c1-2-3-4-7-17-9-6-16-13(15(17)21)10-14(20)18-8-5-12(19)11-18;/h2,12-13,16,19H,1,3-11H2;1H. The molecule has 2 unspecified atom stereocenters. The van der Waals surface area contributed by atoms with Crippen LogP contribution in [0.15, 0.2) is 12.7 Å². The first-order valence-electron chi connectivity index (χ1n) is 7.70. The average molecular weight is 332 g/mol. The van der Waals surface area contributed by atoms with Crippen LogP contribution in [0.2, 0.25) is 0 Å². The van der Waals surface area contributed by atoms with Crippen LogP contribution in [-0.4, -0.2) is 71.6 Å². The van der Waals surface area contributed by atoms with Crippen molar-refractivity contribution in [2.45, 2.75) is 37.8 Å². The number of amides is 2. The summed E-state index contributed by atoms with van der Waals surface area (Å²) in [4.78, 5) is 28.0. The Balaban J connectivity index is 0.00000242. The van der Waals surface area contributed by atoms with Gasteiger partial charge in [-0.25, -0.2) is 0 Å². The summed E-state index contributed by atoms with van der Waals surface area (Å²) in [6.45, 7) is 6.80. The Kier molecular flexibility index (Phi) is 7.85. The molecule has 0 aromatic carbocycles. The molecule has 2 aliphatic rings. The van der Waals surface area contributed by atoms with Gasteiger partial charge >= 0.3 is 0 Å². The number of allylic oxidation sites excluding steroid dienone is 1. The van der Waals surface area contributed by atoms with E-state index >= 15 is 0 Å². The third-order valence-electron chi connectivity index (χ3n) is 4.11. The van der Waals surface area contributed by atoms with Gasteiger partial charge in [0, 0.05) is 32.7 Å². The summed E-state index contributed by atoms with van der Waals surface area (Å²) < 4.78 is 0. The number of carbonyl (C=O) groups is 2. The molecule has 0 bridgehead atoms. The minimum atomic E-state index is -0.423. The largest absolute Gasteiger partial charge is 0.391 e. The molecule has 2 atom stereocenters. The number of halogens is 1. The highest BCUT2D eigenvalue weighted by molar-refractivity contribution is 5.89. The van der Waals surface area contributed by atoms with Gasteiger partial charge < -0.3 is 20.2 Å². The molecule has 2 aliphatic heterocycles. The predicted molar refractivity (Wildman–Crippen MR) is 86.9 cm³/mol. The van der Waals surface area contributed by atoms with Gasteiger partial charge in [-0.3, -0.25) is 9.59 Å². The molecule has 2 amide bonds. The summed E-state index contributed by atoms with van der Waals surface area (Å²) in [5.41, 5.74) is 0. The molecule has 2 N–H and O–H groups in total. The summed E-state index contributed by atoms with van der Waals surface area (Å²) in [5.74, 6) is -0.0382. The molecule has 0 spiro atoms.